The van der Waals surface area contributed by atoms with Gasteiger partial charge in [-0.2, -0.15) is 0 Å². The Kier molecular flexibility index (Phi) is 4.86. The Labute approximate surface area is 120 Å². The average Bonchev–Trinajstić information content (AvgIpc) is 2.87. The summed E-state index contributed by atoms with van der Waals surface area (Å²) in [7, 11) is 4.15. The molecule has 114 valence electrons. The summed E-state index contributed by atoms with van der Waals surface area (Å²) in [4.78, 5) is 27.1. The van der Waals surface area contributed by atoms with Crippen LogP contribution in [0.15, 0.2) is 0 Å². The Morgan fingerprint density at radius 1 is 1.15 bits per heavy atom. The third kappa shape index (κ3) is 3.62. The van der Waals surface area contributed by atoms with Crippen molar-refractivity contribution in [3.05, 3.63) is 0 Å². The van der Waals surface area contributed by atoms with E-state index < -0.39 is 5.97 Å². The second kappa shape index (κ2) is 6.43. The number of carbonyl (C=O) groups is 2. The fourth-order valence-electron chi connectivity index (χ4n) is 3.19. The number of likely N-dealkylation sites (tertiary alicyclic amines) is 1. The van der Waals surface area contributed by atoms with Gasteiger partial charge in [0.1, 0.15) is 0 Å². The molecular formula is C14H25N3O3. The van der Waals surface area contributed by atoms with Gasteiger partial charge in [-0.25, -0.2) is 4.79 Å². The molecule has 0 unspecified atom stereocenters. The molecule has 2 N–H and O–H groups in total. The van der Waals surface area contributed by atoms with Crippen molar-refractivity contribution in [2.45, 2.75) is 44.2 Å². The molecule has 0 aromatic rings. The maximum absolute atomic E-state index is 12.2. The summed E-state index contributed by atoms with van der Waals surface area (Å²) in [5.74, 6) is -1.03. The highest BCUT2D eigenvalue weighted by Crippen LogP contribution is 2.26. The predicted molar refractivity (Wildman–Crippen MR) is 75.6 cm³/mol. The molecule has 6 nitrogen and oxygen atoms in total. The predicted octanol–water partition coefficient (Wildman–Crippen LogP) is 0.975. The standard InChI is InChI=1S/C14H25N3O3/c1-16(2)12-5-7-17(8-6-12)14(20)15-11-4-3-10(9-11)13(18)19/h10-12H,3-9H2,1-2H3,(H,15,20)(H,18,19)/t10-,11+/m1/s1. The van der Waals surface area contributed by atoms with Gasteiger partial charge in [-0.05, 0) is 46.2 Å². The van der Waals surface area contributed by atoms with E-state index in [1.54, 1.807) is 0 Å². The Bertz CT molecular complexity index is 365. The number of aliphatic carboxylic acids is 1. The third-order valence-corrected chi connectivity index (χ3v) is 4.59. The second-order valence-corrected chi connectivity index (χ2v) is 6.18. The molecule has 6 heteroatoms. The summed E-state index contributed by atoms with van der Waals surface area (Å²) in [6.45, 7) is 1.56. The van der Waals surface area contributed by atoms with Crippen molar-refractivity contribution >= 4 is 12.0 Å². The van der Waals surface area contributed by atoms with E-state index in [0.29, 0.717) is 18.9 Å². The molecule has 0 aromatic carbocycles. The van der Waals surface area contributed by atoms with Gasteiger partial charge in [-0.15, -0.1) is 0 Å². The van der Waals surface area contributed by atoms with Crippen LogP contribution in [0.4, 0.5) is 4.79 Å². The number of hydrogen-bond donors (Lipinski definition) is 2. The smallest absolute Gasteiger partial charge is 0.317 e. The van der Waals surface area contributed by atoms with Crippen LogP contribution in [-0.4, -0.2) is 66.2 Å². The van der Waals surface area contributed by atoms with Crippen molar-refractivity contribution in [3.63, 3.8) is 0 Å². The molecule has 1 aliphatic carbocycles. The molecule has 2 atom stereocenters. The number of carboxylic acid groups (broad SMARTS) is 1. The third-order valence-electron chi connectivity index (χ3n) is 4.59. The number of urea groups is 1. The van der Waals surface area contributed by atoms with Gasteiger partial charge in [0.2, 0.25) is 0 Å². The Balaban J connectivity index is 1.75. The van der Waals surface area contributed by atoms with E-state index in [1.165, 1.54) is 0 Å². The maximum Gasteiger partial charge on any atom is 0.317 e. The minimum absolute atomic E-state index is 0.0233. The fraction of sp³-hybridized carbons (Fsp3) is 0.857. The van der Waals surface area contributed by atoms with Crippen LogP contribution in [0.2, 0.25) is 0 Å². The van der Waals surface area contributed by atoms with Crippen LogP contribution >= 0.6 is 0 Å². The number of hydrogen-bond acceptors (Lipinski definition) is 3. The molecule has 1 heterocycles. The number of carboxylic acids is 1. The first kappa shape index (κ1) is 15.1. The van der Waals surface area contributed by atoms with E-state index in [-0.39, 0.29) is 18.0 Å². The number of nitrogens with one attached hydrogen (secondary N) is 1. The van der Waals surface area contributed by atoms with Crippen LogP contribution in [0.5, 0.6) is 0 Å². The number of rotatable bonds is 3. The zero-order chi connectivity index (χ0) is 14.7. The van der Waals surface area contributed by atoms with Crippen LogP contribution in [-0.2, 0) is 4.79 Å². The molecule has 1 aliphatic heterocycles. The van der Waals surface area contributed by atoms with Crippen molar-refractivity contribution in [2.24, 2.45) is 5.92 Å². The summed E-state index contributed by atoms with van der Waals surface area (Å²) in [5.41, 5.74) is 0. The van der Waals surface area contributed by atoms with Gasteiger partial charge in [0.25, 0.3) is 0 Å². The quantitative estimate of drug-likeness (QED) is 0.809. The molecule has 2 aliphatic rings. The first-order chi connectivity index (χ1) is 9.47. The van der Waals surface area contributed by atoms with Crippen molar-refractivity contribution in [1.29, 1.82) is 0 Å². The Hall–Kier alpha value is -1.30. The Morgan fingerprint density at radius 3 is 2.30 bits per heavy atom. The lowest BCUT2D eigenvalue weighted by Crippen LogP contribution is -2.50. The lowest BCUT2D eigenvalue weighted by atomic mass is 10.0. The van der Waals surface area contributed by atoms with Crippen LogP contribution in [0.3, 0.4) is 0 Å². The molecule has 0 aromatic heterocycles. The molecule has 2 rings (SSSR count). The van der Waals surface area contributed by atoms with Crippen LogP contribution in [0, 0.1) is 5.92 Å². The maximum atomic E-state index is 12.2. The molecule has 2 amide bonds. The van der Waals surface area contributed by atoms with E-state index in [4.69, 9.17) is 5.11 Å². The van der Waals surface area contributed by atoms with Gasteiger partial charge in [-0.1, -0.05) is 0 Å². The van der Waals surface area contributed by atoms with Crippen molar-refractivity contribution in [1.82, 2.24) is 15.1 Å². The van der Waals surface area contributed by atoms with E-state index >= 15 is 0 Å². The lowest BCUT2D eigenvalue weighted by Gasteiger charge is -2.35. The minimum atomic E-state index is -0.742. The highest BCUT2D eigenvalue weighted by atomic mass is 16.4. The van der Waals surface area contributed by atoms with Crippen LogP contribution in [0.1, 0.15) is 32.1 Å². The molecule has 2 fully saturated rings. The highest BCUT2D eigenvalue weighted by Gasteiger charge is 2.32. The van der Waals surface area contributed by atoms with Gasteiger partial charge in [0, 0.05) is 25.2 Å². The molecule has 1 saturated carbocycles. The summed E-state index contributed by atoms with van der Waals surface area (Å²) < 4.78 is 0. The first-order valence-corrected chi connectivity index (χ1v) is 7.42. The second-order valence-electron chi connectivity index (χ2n) is 6.18. The summed E-state index contributed by atoms with van der Waals surface area (Å²) in [5, 5.41) is 12.0. The van der Waals surface area contributed by atoms with Gasteiger partial charge in [0.05, 0.1) is 5.92 Å². The van der Waals surface area contributed by atoms with Crippen LogP contribution < -0.4 is 5.32 Å². The number of nitrogens with zero attached hydrogens (tertiary/aromatic N) is 2. The number of amides is 2. The van der Waals surface area contributed by atoms with Gasteiger partial charge in [0.15, 0.2) is 0 Å². The molecule has 20 heavy (non-hydrogen) atoms. The van der Waals surface area contributed by atoms with E-state index in [9.17, 15) is 9.59 Å². The van der Waals surface area contributed by atoms with E-state index in [1.807, 2.05) is 4.90 Å². The summed E-state index contributed by atoms with van der Waals surface area (Å²) >= 11 is 0. The molecule has 0 radical (unpaired) electrons. The topological polar surface area (TPSA) is 72.9 Å². The highest BCUT2D eigenvalue weighted by molar-refractivity contribution is 5.75. The number of carbonyl (C=O) groups excluding carboxylic acids is 1. The van der Waals surface area contributed by atoms with Gasteiger partial charge in [-0.3, -0.25) is 4.79 Å². The molecular weight excluding hydrogens is 258 g/mol. The van der Waals surface area contributed by atoms with Gasteiger partial charge >= 0.3 is 12.0 Å². The van der Waals surface area contributed by atoms with E-state index in [2.05, 4.69) is 24.3 Å². The molecule has 0 spiro atoms. The monoisotopic (exact) mass is 283 g/mol. The summed E-state index contributed by atoms with van der Waals surface area (Å²) in [6, 6.07) is 0.551. The fourth-order valence-corrected chi connectivity index (χ4v) is 3.19. The van der Waals surface area contributed by atoms with Crippen molar-refractivity contribution in [2.75, 3.05) is 27.2 Å². The van der Waals surface area contributed by atoms with Gasteiger partial charge < -0.3 is 20.2 Å². The minimum Gasteiger partial charge on any atom is -0.481 e. The largest absolute Gasteiger partial charge is 0.481 e. The van der Waals surface area contributed by atoms with Crippen molar-refractivity contribution < 1.29 is 14.7 Å². The SMILES string of the molecule is CN(C)C1CCN(C(=O)N[C@H]2CC[C@@H](C(=O)O)C2)CC1. The Morgan fingerprint density at radius 2 is 1.80 bits per heavy atom. The first-order valence-electron chi connectivity index (χ1n) is 7.42. The van der Waals surface area contributed by atoms with Crippen molar-refractivity contribution in [3.8, 4) is 0 Å². The van der Waals surface area contributed by atoms with E-state index in [0.717, 1.165) is 32.4 Å². The summed E-state index contributed by atoms with van der Waals surface area (Å²) in [6.07, 6.45) is 4.01. The zero-order valence-electron chi connectivity index (χ0n) is 12.3. The molecule has 0 bridgehead atoms. The van der Waals surface area contributed by atoms with Crippen LogP contribution in [0.25, 0.3) is 0 Å². The lowest BCUT2D eigenvalue weighted by molar-refractivity contribution is -0.141. The average molecular weight is 283 g/mol. The molecule has 1 saturated heterocycles. The number of piperidine rings is 1. The zero-order valence-corrected chi connectivity index (χ0v) is 12.3. The normalized spacial score (nSPS) is 27.9.